The summed E-state index contributed by atoms with van der Waals surface area (Å²) in [6, 6.07) is 4.29. The third-order valence-corrected chi connectivity index (χ3v) is 3.71. The molecule has 6 heteroatoms. The molecular weight excluding hydrogens is 240 g/mol. The van der Waals surface area contributed by atoms with Gasteiger partial charge in [0.2, 0.25) is 0 Å². The SMILES string of the molecule is CC(CNC(=O)c1ccc(N)c(O)c1)S(C)=O. The highest BCUT2D eigenvalue weighted by Gasteiger charge is 2.11. The molecule has 0 saturated heterocycles. The van der Waals surface area contributed by atoms with Crippen molar-refractivity contribution in [3.05, 3.63) is 23.8 Å². The van der Waals surface area contributed by atoms with Crippen LogP contribution in [0.3, 0.4) is 0 Å². The molecule has 1 amide bonds. The third-order valence-electron chi connectivity index (χ3n) is 2.41. The van der Waals surface area contributed by atoms with Crippen LogP contribution in [-0.2, 0) is 10.8 Å². The smallest absolute Gasteiger partial charge is 0.251 e. The molecule has 2 unspecified atom stereocenters. The van der Waals surface area contributed by atoms with Crippen LogP contribution in [0.5, 0.6) is 5.75 Å². The Labute approximate surface area is 102 Å². The monoisotopic (exact) mass is 256 g/mol. The molecule has 0 bridgehead atoms. The van der Waals surface area contributed by atoms with Crippen molar-refractivity contribution in [1.29, 1.82) is 0 Å². The van der Waals surface area contributed by atoms with Crippen LogP contribution in [0.2, 0.25) is 0 Å². The maximum atomic E-state index is 11.7. The van der Waals surface area contributed by atoms with Crippen LogP contribution in [0.4, 0.5) is 5.69 Å². The van der Waals surface area contributed by atoms with Crippen LogP contribution in [0.25, 0.3) is 0 Å². The maximum absolute atomic E-state index is 11.7. The number of rotatable bonds is 4. The number of nitrogens with one attached hydrogen (secondary N) is 1. The standard InChI is InChI=1S/C11H16N2O3S/c1-7(17(2)16)6-13-11(15)8-3-4-9(12)10(14)5-8/h3-5,7,14H,6,12H2,1-2H3,(H,13,15). The predicted octanol–water partition coefficient (Wildman–Crippen LogP) is 0.471. The molecule has 0 aliphatic rings. The Hall–Kier alpha value is -1.56. The van der Waals surface area contributed by atoms with Crippen molar-refractivity contribution in [3.63, 3.8) is 0 Å². The van der Waals surface area contributed by atoms with Gasteiger partial charge in [-0.25, -0.2) is 0 Å². The maximum Gasteiger partial charge on any atom is 0.251 e. The van der Waals surface area contributed by atoms with Crippen LogP contribution >= 0.6 is 0 Å². The first-order valence-corrected chi connectivity index (χ1v) is 6.73. The molecule has 0 aromatic heterocycles. The van der Waals surface area contributed by atoms with Crippen molar-refractivity contribution < 1.29 is 14.1 Å². The first-order chi connectivity index (χ1) is 7.91. The first-order valence-electron chi connectivity index (χ1n) is 5.10. The first kappa shape index (κ1) is 13.5. The number of nitrogen functional groups attached to an aromatic ring is 1. The molecule has 1 rings (SSSR count). The largest absolute Gasteiger partial charge is 0.506 e. The van der Waals surface area contributed by atoms with Gasteiger partial charge in [0.15, 0.2) is 0 Å². The molecule has 2 atom stereocenters. The van der Waals surface area contributed by atoms with Crippen molar-refractivity contribution >= 4 is 22.4 Å². The summed E-state index contributed by atoms with van der Waals surface area (Å²) < 4.78 is 11.1. The molecule has 4 N–H and O–H groups in total. The molecule has 0 radical (unpaired) electrons. The van der Waals surface area contributed by atoms with E-state index in [4.69, 9.17) is 5.73 Å². The number of hydrogen-bond acceptors (Lipinski definition) is 4. The zero-order valence-corrected chi connectivity index (χ0v) is 10.6. The van der Waals surface area contributed by atoms with E-state index in [1.54, 1.807) is 13.2 Å². The third kappa shape index (κ3) is 3.74. The highest BCUT2D eigenvalue weighted by molar-refractivity contribution is 7.84. The van der Waals surface area contributed by atoms with Gasteiger partial charge in [0.25, 0.3) is 5.91 Å². The number of benzene rings is 1. The molecular formula is C11H16N2O3S. The molecule has 94 valence electrons. The number of carbonyl (C=O) groups is 1. The second-order valence-electron chi connectivity index (χ2n) is 3.79. The highest BCUT2D eigenvalue weighted by Crippen LogP contribution is 2.20. The Balaban J connectivity index is 2.64. The average Bonchev–Trinajstić information content (AvgIpc) is 2.28. The minimum atomic E-state index is -0.975. The summed E-state index contributed by atoms with van der Waals surface area (Å²) in [5.41, 5.74) is 5.98. The Morgan fingerprint density at radius 3 is 2.76 bits per heavy atom. The molecule has 0 aliphatic carbocycles. The summed E-state index contributed by atoms with van der Waals surface area (Å²) in [5, 5.41) is 11.9. The number of anilines is 1. The van der Waals surface area contributed by atoms with E-state index in [9.17, 15) is 14.1 Å². The second-order valence-corrected chi connectivity index (χ2v) is 5.59. The van der Waals surface area contributed by atoms with Gasteiger partial charge in [-0.1, -0.05) is 0 Å². The zero-order valence-electron chi connectivity index (χ0n) is 9.77. The van der Waals surface area contributed by atoms with Crippen molar-refractivity contribution in [3.8, 4) is 5.75 Å². The minimum Gasteiger partial charge on any atom is -0.506 e. The van der Waals surface area contributed by atoms with E-state index in [-0.39, 0.29) is 22.6 Å². The summed E-state index contributed by atoms with van der Waals surface area (Å²) in [6.07, 6.45) is 1.59. The van der Waals surface area contributed by atoms with Gasteiger partial charge in [0, 0.05) is 34.4 Å². The number of carbonyl (C=O) groups excluding carboxylic acids is 1. The Morgan fingerprint density at radius 2 is 2.24 bits per heavy atom. The average molecular weight is 256 g/mol. The summed E-state index contributed by atoms with van der Waals surface area (Å²) >= 11 is 0. The molecule has 17 heavy (non-hydrogen) atoms. The molecule has 5 nitrogen and oxygen atoms in total. The molecule has 0 spiro atoms. The van der Waals surface area contributed by atoms with Crippen LogP contribution < -0.4 is 11.1 Å². The summed E-state index contributed by atoms with van der Waals surface area (Å²) in [6.45, 7) is 2.12. The summed E-state index contributed by atoms with van der Waals surface area (Å²) in [7, 11) is -0.975. The molecule has 0 aliphatic heterocycles. The van der Waals surface area contributed by atoms with Gasteiger partial charge in [-0.15, -0.1) is 0 Å². The molecule has 1 aromatic rings. The highest BCUT2D eigenvalue weighted by atomic mass is 32.2. The van der Waals surface area contributed by atoms with Gasteiger partial charge in [-0.3, -0.25) is 9.00 Å². The number of phenols is 1. The predicted molar refractivity (Wildman–Crippen MR) is 68.4 cm³/mol. The van der Waals surface area contributed by atoms with Gasteiger partial charge in [0.1, 0.15) is 5.75 Å². The van der Waals surface area contributed by atoms with Gasteiger partial charge < -0.3 is 16.2 Å². The number of aromatic hydroxyl groups is 1. The lowest BCUT2D eigenvalue weighted by Crippen LogP contribution is -2.32. The van der Waals surface area contributed by atoms with Crippen LogP contribution in [0.15, 0.2) is 18.2 Å². The van der Waals surface area contributed by atoms with Gasteiger partial charge in [-0.2, -0.15) is 0 Å². The molecule has 0 saturated carbocycles. The van der Waals surface area contributed by atoms with Crippen molar-refractivity contribution in [2.24, 2.45) is 0 Å². The topological polar surface area (TPSA) is 92.4 Å². The van der Waals surface area contributed by atoms with E-state index in [0.29, 0.717) is 12.1 Å². The lowest BCUT2D eigenvalue weighted by Gasteiger charge is -2.10. The van der Waals surface area contributed by atoms with Gasteiger partial charge >= 0.3 is 0 Å². The van der Waals surface area contributed by atoms with E-state index in [1.807, 2.05) is 0 Å². The Kier molecular flexibility index (Phi) is 4.51. The number of amides is 1. The quantitative estimate of drug-likeness (QED) is 0.539. The van der Waals surface area contributed by atoms with Crippen molar-refractivity contribution in [2.45, 2.75) is 12.2 Å². The minimum absolute atomic E-state index is 0.110. The van der Waals surface area contributed by atoms with Crippen LogP contribution in [0, 0.1) is 0 Å². The van der Waals surface area contributed by atoms with E-state index in [1.165, 1.54) is 18.2 Å². The van der Waals surface area contributed by atoms with E-state index in [2.05, 4.69) is 5.32 Å². The molecule has 0 fully saturated rings. The number of nitrogens with two attached hydrogens (primary N) is 1. The number of hydrogen-bond donors (Lipinski definition) is 3. The lowest BCUT2D eigenvalue weighted by atomic mass is 10.2. The molecule has 1 aromatic carbocycles. The van der Waals surface area contributed by atoms with Crippen LogP contribution in [-0.4, -0.2) is 33.3 Å². The fourth-order valence-electron chi connectivity index (χ4n) is 1.14. The number of phenolic OH excluding ortho intramolecular Hbond substituents is 1. The Bertz CT molecular complexity index is 448. The van der Waals surface area contributed by atoms with Gasteiger partial charge in [0.05, 0.1) is 5.69 Å². The normalized spacial score (nSPS) is 14.0. The van der Waals surface area contributed by atoms with Crippen molar-refractivity contribution in [1.82, 2.24) is 5.32 Å². The summed E-state index contributed by atoms with van der Waals surface area (Å²) in [5.74, 6) is -0.442. The van der Waals surface area contributed by atoms with E-state index >= 15 is 0 Å². The Morgan fingerprint density at radius 1 is 1.59 bits per heavy atom. The van der Waals surface area contributed by atoms with E-state index in [0.717, 1.165) is 0 Å². The fourth-order valence-corrected chi connectivity index (χ4v) is 1.46. The summed E-state index contributed by atoms with van der Waals surface area (Å²) in [4.78, 5) is 11.7. The van der Waals surface area contributed by atoms with Gasteiger partial charge in [-0.05, 0) is 25.1 Å². The zero-order chi connectivity index (χ0) is 13.0. The molecule has 0 heterocycles. The second kappa shape index (κ2) is 5.67. The lowest BCUT2D eigenvalue weighted by molar-refractivity contribution is 0.0953. The van der Waals surface area contributed by atoms with E-state index < -0.39 is 10.8 Å². The van der Waals surface area contributed by atoms with Crippen LogP contribution in [0.1, 0.15) is 17.3 Å². The van der Waals surface area contributed by atoms with Crippen molar-refractivity contribution in [2.75, 3.05) is 18.5 Å². The fraction of sp³-hybridized carbons (Fsp3) is 0.364.